The lowest BCUT2D eigenvalue weighted by atomic mass is 10.1. The van der Waals surface area contributed by atoms with E-state index in [1.807, 2.05) is 39.0 Å². The first kappa shape index (κ1) is 17.1. The van der Waals surface area contributed by atoms with E-state index in [9.17, 15) is 9.59 Å². The Morgan fingerprint density at radius 2 is 1.87 bits per heavy atom. The molecular formula is C17H18BrN3O2. The fourth-order valence-electron chi connectivity index (χ4n) is 2.00. The predicted molar refractivity (Wildman–Crippen MR) is 93.7 cm³/mol. The van der Waals surface area contributed by atoms with Crippen molar-refractivity contribution in [2.45, 2.75) is 26.8 Å². The minimum absolute atomic E-state index is 0.0263. The van der Waals surface area contributed by atoms with Gasteiger partial charge in [-0.15, -0.1) is 0 Å². The Kier molecular flexibility index (Phi) is 5.50. The summed E-state index contributed by atoms with van der Waals surface area (Å²) in [7, 11) is 0. The molecule has 6 heteroatoms. The number of pyridine rings is 1. The number of anilines is 1. The van der Waals surface area contributed by atoms with Gasteiger partial charge in [0.2, 0.25) is 0 Å². The van der Waals surface area contributed by atoms with Crippen molar-refractivity contribution in [2.24, 2.45) is 0 Å². The molecule has 2 N–H and O–H groups in total. The normalized spacial score (nSPS) is 10.5. The lowest BCUT2D eigenvalue weighted by molar-refractivity contribution is 0.0943. The molecule has 0 radical (unpaired) electrons. The zero-order valence-corrected chi connectivity index (χ0v) is 14.8. The van der Waals surface area contributed by atoms with Crippen LogP contribution in [0.15, 0.2) is 41.0 Å². The molecule has 23 heavy (non-hydrogen) atoms. The highest BCUT2D eigenvalue weighted by molar-refractivity contribution is 9.10. The summed E-state index contributed by atoms with van der Waals surface area (Å²) in [6, 6.07) is 8.67. The molecule has 1 heterocycles. The molecule has 0 unspecified atom stereocenters. The van der Waals surface area contributed by atoms with E-state index in [0.717, 1.165) is 10.0 Å². The van der Waals surface area contributed by atoms with Crippen LogP contribution < -0.4 is 10.6 Å². The van der Waals surface area contributed by atoms with Gasteiger partial charge in [0.15, 0.2) is 0 Å². The fraction of sp³-hybridized carbons (Fsp3) is 0.235. The van der Waals surface area contributed by atoms with Gasteiger partial charge in [0.25, 0.3) is 11.8 Å². The van der Waals surface area contributed by atoms with Crippen LogP contribution >= 0.6 is 15.9 Å². The smallest absolute Gasteiger partial charge is 0.274 e. The maximum absolute atomic E-state index is 12.3. The second-order valence-corrected chi connectivity index (χ2v) is 6.39. The molecular weight excluding hydrogens is 358 g/mol. The topological polar surface area (TPSA) is 71.1 Å². The van der Waals surface area contributed by atoms with Gasteiger partial charge in [-0.3, -0.25) is 14.6 Å². The van der Waals surface area contributed by atoms with Crippen molar-refractivity contribution in [1.29, 1.82) is 0 Å². The van der Waals surface area contributed by atoms with Crippen molar-refractivity contribution in [1.82, 2.24) is 10.3 Å². The van der Waals surface area contributed by atoms with Gasteiger partial charge in [-0.25, -0.2) is 0 Å². The third-order valence-corrected chi connectivity index (χ3v) is 3.60. The largest absolute Gasteiger partial charge is 0.350 e. The van der Waals surface area contributed by atoms with Crippen LogP contribution in [0.3, 0.4) is 0 Å². The fourth-order valence-corrected chi connectivity index (χ4v) is 2.47. The van der Waals surface area contributed by atoms with Gasteiger partial charge in [0, 0.05) is 28.0 Å². The number of nitrogens with one attached hydrogen (secondary N) is 2. The van der Waals surface area contributed by atoms with Crippen molar-refractivity contribution in [3.05, 3.63) is 57.8 Å². The zero-order chi connectivity index (χ0) is 17.0. The molecule has 0 aliphatic carbocycles. The third-order valence-electron chi connectivity index (χ3n) is 3.11. The van der Waals surface area contributed by atoms with Crippen molar-refractivity contribution in [3.63, 3.8) is 0 Å². The number of nitrogens with zero attached hydrogens (tertiary/aromatic N) is 1. The number of benzene rings is 1. The molecule has 0 spiro atoms. The first-order chi connectivity index (χ1) is 10.9. The van der Waals surface area contributed by atoms with E-state index in [4.69, 9.17) is 0 Å². The summed E-state index contributed by atoms with van der Waals surface area (Å²) >= 11 is 3.38. The van der Waals surface area contributed by atoms with E-state index in [1.165, 1.54) is 12.3 Å². The highest BCUT2D eigenvalue weighted by atomic mass is 79.9. The van der Waals surface area contributed by atoms with Crippen LogP contribution in [0.5, 0.6) is 0 Å². The summed E-state index contributed by atoms with van der Waals surface area (Å²) < 4.78 is 0.943. The second kappa shape index (κ2) is 7.37. The zero-order valence-electron chi connectivity index (χ0n) is 13.2. The van der Waals surface area contributed by atoms with E-state index in [1.54, 1.807) is 6.07 Å². The molecule has 0 aliphatic heterocycles. The number of amides is 2. The van der Waals surface area contributed by atoms with Crippen LogP contribution in [0.1, 0.15) is 40.3 Å². The lowest BCUT2D eigenvalue weighted by Crippen LogP contribution is -2.30. The quantitative estimate of drug-likeness (QED) is 0.858. The summed E-state index contributed by atoms with van der Waals surface area (Å²) in [6.07, 6.45) is 1.46. The Morgan fingerprint density at radius 1 is 1.13 bits per heavy atom. The highest BCUT2D eigenvalue weighted by Crippen LogP contribution is 2.20. The molecule has 0 atom stereocenters. The van der Waals surface area contributed by atoms with Crippen molar-refractivity contribution in [2.75, 3.05) is 5.32 Å². The summed E-state index contributed by atoms with van der Waals surface area (Å²) in [4.78, 5) is 28.4. The van der Waals surface area contributed by atoms with Gasteiger partial charge in [-0.2, -0.15) is 0 Å². The Bertz CT molecular complexity index is 744. The third kappa shape index (κ3) is 4.63. The summed E-state index contributed by atoms with van der Waals surface area (Å²) in [6.45, 7) is 5.66. The number of hydrogen-bond acceptors (Lipinski definition) is 3. The van der Waals surface area contributed by atoms with Crippen LogP contribution in [0.25, 0.3) is 0 Å². The van der Waals surface area contributed by atoms with Gasteiger partial charge >= 0.3 is 0 Å². The molecule has 1 aromatic heterocycles. The van der Waals surface area contributed by atoms with E-state index in [0.29, 0.717) is 11.3 Å². The minimum Gasteiger partial charge on any atom is -0.350 e. The number of halogens is 1. The van der Waals surface area contributed by atoms with Gasteiger partial charge in [-0.05, 0) is 56.7 Å². The average Bonchev–Trinajstić information content (AvgIpc) is 2.49. The van der Waals surface area contributed by atoms with E-state index >= 15 is 0 Å². The Balaban J connectivity index is 2.18. The minimum atomic E-state index is -0.352. The number of carbonyl (C=O) groups is 2. The molecule has 5 nitrogen and oxygen atoms in total. The van der Waals surface area contributed by atoms with E-state index < -0.39 is 0 Å². The Labute approximate surface area is 143 Å². The number of carbonyl (C=O) groups excluding carboxylic acids is 2. The second-order valence-electron chi connectivity index (χ2n) is 5.47. The van der Waals surface area contributed by atoms with Gasteiger partial charge < -0.3 is 10.6 Å². The maximum atomic E-state index is 12.3. The van der Waals surface area contributed by atoms with Gasteiger partial charge in [0.1, 0.15) is 5.69 Å². The van der Waals surface area contributed by atoms with Crippen LogP contribution in [0.2, 0.25) is 0 Å². The predicted octanol–water partition coefficient (Wildman–Crippen LogP) is 3.54. The van der Waals surface area contributed by atoms with Crippen LogP contribution in [0, 0.1) is 6.92 Å². The molecule has 1 aromatic carbocycles. The molecule has 0 saturated heterocycles. The molecule has 2 rings (SSSR count). The van der Waals surface area contributed by atoms with E-state index in [2.05, 4.69) is 31.5 Å². The number of aromatic nitrogens is 1. The maximum Gasteiger partial charge on any atom is 0.274 e. The van der Waals surface area contributed by atoms with Crippen molar-refractivity contribution in [3.8, 4) is 0 Å². The average molecular weight is 376 g/mol. The lowest BCUT2D eigenvalue weighted by Gasteiger charge is -2.10. The summed E-state index contributed by atoms with van der Waals surface area (Å²) in [5.74, 6) is -0.578. The standard InChI is InChI=1S/C17H18BrN3O2/c1-10(2)20-16(22)12-6-7-19-15(9-12)17(23)21-14-5-4-13(18)8-11(14)3/h4-10H,1-3H3,(H,20,22)(H,21,23). The Morgan fingerprint density at radius 3 is 2.52 bits per heavy atom. The van der Waals surface area contributed by atoms with Gasteiger partial charge in [0.05, 0.1) is 0 Å². The van der Waals surface area contributed by atoms with Crippen molar-refractivity contribution < 1.29 is 9.59 Å². The molecule has 120 valence electrons. The van der Waals surface area contributed by atoms with Crippen LogP contribution in [0.4, 0.5) is 5.69 Å². The van der Waals surface area contributed by atoms with Gasteiger partial charge in [-0.1, -0.05) is 15.9 Å². The number of rotatable bonds is 4. The van der Waals surface area contributed by atoms with Crippen molar-refractivity contribution >= 4 is 33.4 Å². The molecule has 0 saturated carbocycles. The highest BCUT2D eigenvalue weighted by Gasteiger charge is 2.13. The first-order valence-electron chi connectivity index (χ1n) is 7.21. The summed E-state index contributed by atoms with van der Waals surface area (Å²) in [5.41, 5.74) is 2.24. The van der Waals surface area contributed by atoms with E-state index in [-0.39, 0.29) is 23.6 Å². The van der Waals surface area contributed by atoms with Crippen LogP contribution in [-0.2, 0) is 0 Å². The molecule has 0 bridgehead atoms. The number of hydrogen-bond donors (Lipinski definition) is 2. The SMILES string of the molecule is Cc1cc(Br)ccc1NC(=O)c1cc(C(=O)NC(C)C)ccn1. The monoisotopic (exact) mass is 375 g/mol. The Hall–Kier alpha value is -2.21. The van der Waals surface area contributed by atoms with Crippen LogP contribution in [-0.4, -0.2) is 22.8 Å². The molecule has 2 aromatic rings. The molecule has 2 amide bonds. The first-order valence-corrected chi connectivity index (χ1v) is 8.00. The summed E-state index contributed by atoms with van der Waals surface area (Å²) in [5, 5.41) is 5.59. The molecule has 0 fully saturated rings. The number of aryl methyl sites for hydroxylation is 1. The molecule has 0 aliphatic rings.